The van der Waals surface area contributed by atoms with Crippen LogP contribution in [-0.4, -0.2) is 25.2 Å². The van der Waals surface area contributed by atoms with E-state index in [1.54, 1.807) is 0 Å². The van der Waals surface area contributed by atoms with Crippen LogP contribution in [0.5, 0.6) is 0 Å². The monoisotopic (exact) mass is 230 g/mol. The molecule has 0 saturated carbocycles. The molecule has 2 heteroatoms. The van der Waals surface area contributed by atoms with E-state index >= 15 is 0 Å². The number of fused-ring (bicyclic) bond motifs is 1. The summed E-state index contributed by atoms with van der Waals surface area (Å²) in [5, 5.41) is 3.66. The Balaban J connectivity index is 1.74. The minimum absolute atomic E-state index is 0.663. The third-order valence-corrected chi connectivity index (χ3v) is 4.18. The largest absolute Gasteiger partial charge is 0.367 e. The summed E-state index contributed by atoms with van der Waals surface area (Å²) in [7, 11) is 0. The highest BCUT2D eigenvalue weighted by Gasteiger charge is 2.27. The topological polar surface area (TPSA) is 15.3 Å². The summed E-state index contributed by atoms with van der Waals surface area (Å²) < 4.78 is 0. The molecule has 2 nitrogen and oxygen atoms in total. The second-order valence-electron chi connectivity index (χ2n) is 5.48. The second-order valence-corrected chi connectivity index (χ2v) is 5.48. The molecule has 2 atom stereocenters. The van der Waals surface area contributed by atoms with Gasteiger partial charge in [0.1, 0.15) is 0 Å². The van der Waals surface area contributed by atoms with Crippen LogP contribution in [0.3, 0.4) is 0 Å². The lowest BCUT2D eigenvalue weighted by molar-refractivity contribution is 0.394. The van der Waals surface area contributed by atoms with Gasteiger partial charge in [0.05, 0.1) is 0 Å². The Morgan fingerprint density at radius 1 is 1.29 bits per heavy atom. The highest BCUT2D eigenvalue weighted by atomic mass is 15.2. The molecule has 0 bridgehead atoms. The van der Waals surface area contributed by atoms with Crippen LogP contribution < -0.4 is 10.2 Å². The van der Waals surface area contributed by atoms with Gasteiger partial charge in [0, 0.05) is 24.3 Å². The van der Waals surface area contributed by atoms with E-state index in [-0.39, 0.29) is 0 Å². The van der Waals surface area contributed by atoms with Gasteiger partial charge < -0.3 is 10.2 Å². The quantitative estimate of drug-likeness (QED) is 0.840. The number of hydrogen-bond donors (Lipinski definition) is 1. The zero-order valence-corrected chi connectivity index (χ0v) is 10.7. The van der Waals surface area contributed by atoms with E-state index in [0.717, 1.165) is 0 Å². The molecular formula is C15H22N2. The average molecular weight is 230 g/mol. The van der Waals surface area contributed by atoms with Crippen molar-refractivity contribution in [2.24, 2.45) is 0 Å². The number of hydrogen-bond acceptors (Lipinski definition) is 2. The highest BCUT2D eigenvalue weighted by molar-refractivity contribution is 5.59. The number of nitrogens with zero attached hydrogens (tertiary/aromatic N) is 1. The van der Waals surface area contributed by atoms with Crippen molar-refractivity contribution in [3.05, 3.63) is 29.8 Å². The summed E-state index contributed by atoms with van der Waals surface area (Å²) in [5.41, 5.74) is 2.99. The van der Waals surface area contributed by atoms with Crippen LogP contribution in [0.2, 0.25) is 0 Å². The molecular weight excluding hydrogens is 208 g/mol. The van der Waals surface area contributed by atoms with Gasteiger partial charge in [-0.25, -0.2) is 0 Å². The molecule has 2 heterocycles. The van der Waals surface area contributed by atoms with Crippen molar-refractivity contribution in [2.75, 3.05) is 18.0 Å². The Morgan fingerprint density at radius 3 is 3.00 bits per heavy atom. The van der Waals surface area contributed by atoms with Crippen molar-refractivity contribution >= 4 is 5.69 Å². The molecule has 0 aliphatic carbocycles. The summed E-state index contributed by atoms with van der Waals surface area (Å²) in [4.78, 5) is 2.60. The van der Waals surface area contributed by atoms with E-state index in [9.17, 15) is 0 Å². The second kappa shape index (κ2) is 4.69. The van der Waals surface area contributed by atoms with Gasteiger partial charge in [-0.05, 0) is 44.4 Å². The van der Waals surface area contributed by atoms with Gasteiger partial charge in [0.25, 0.3) is 0 Å². The fourth-order valence-corrected chi connectivity index (χ4v) is 3.23. The fourth-order valence-electron chi connectivity index (χ4n) is 3.23. The summed E-state index contributed by atoms with van der Waals surface area (Å²) in [6.07, 6.45) is 5.29. The van der Waals surface area contributed by atoms with Gasteiger partial charge in [-0.1, -0.05) is 24.6 Å². The SMILES string of the molecule is CC1Cc2ccccc2N1C[C@@H]1CCCCN1. The molecule has 92 valence electrons. The number of rotatable bonds is 2. The molecule has 1 fully saturated rings. The van der Waals surface area contributed by atoms with Crippen LogP contribution in [0.15, 0.2) is 24.3 Å². The Labute approximate surface area is 104 Å². The number of piperidine rings is 1. The Hall–Kier alpha value is -1.02. The molecule has 1 aromatic rings. The van der Waals surface area contributed by atoms with Crippen LogP contribution in [0.4, 0.5) is 5.69 Å². The summed E-state index contributed by atoms with van der Waals surface area (Å²) >= 11 is 0. The molecule has 0 radical (unpaired) electrons. The predicted octanol–water partition coefficient (Wildman–Crippen LogP) is 2.58. The molecule has 3 rings (SSSR count). The first-order valence-electron chi connectivity index (χ1n) is 6.92. The molecule has 1 aromatic carbocycles. The number of anilines is 1. The van der Waals surface area contributed by atoms with Crippen LogP contribution in [0, 0.1) is 0 Å². The molecule has 1 unspecified atom stereocenters. The maximum atomic E-state index is 3.66. The Bertz CT molecular complexity index is 382. The van der Waals surface area contributed by atoms with Crippen molar-refractivity contribution in [1.29, 1.82) is 0 Å². The van der Waals surface area contributed by atoms with E-state index < -0.39 is 0 Å². The van der Waals surface area contributed by atoms with Crippen LogP contribution >= 0.6 is 0 Å². The molecule has 1 saturated heterocycles. The number of benzene rings is 1. The van der Waals surface area contributed by atoms with E-state index in [1.165, 1.54) is 50.0 Å². The maximum absolute atomic E-state index is 3.66. The van der Waals surface area contributed by atoms with Gasteiger partial charge in [-0.2, -0.15) is 0 Å². The van der Waals surface area contributed by atoms with Crippen molar-refractivity contribution in [3.8, 4) is 0 Å². The van der Waals surface area contributed by atoms with Crippen LogP contribution in [0.25, 0.3) is 0 Å². The maximum Gasteiger partial charge on any atom is 0.0402 e. The average Bonchev–Trinajstić information content (AvgIpc) is 2.68. The third-order valence-electron chi connectivity index (χ3n) is 4.18. The first-order valence-corrected chi connectivity index (χ1v) is 6.92. The van der Waals surface area contributed by atoms with E-state index in [1.807, 2.05) is 0 Å². The molecule has 0 spiro atoms. The normalized spacial score (nSPS) is 28.2. The smallest absolute Gasteiger partial charge is 0.0402 e. The molecule has 0 amide bonds. The zero-order valence-electron chi connectivity index (χ0n) is 10.7. The number of para-hydroxylation sites is 1. The molecule has 0 aromatic heterocycles. The molecule has 1 N–H and O–H groups in total. The standard InChI is InChI=1S/C15H22N2/c1-12-10-13-6-2-3-8-15(13)17(12)11-14-7-4-5-9-16-14/h2-3,6,8,12,14,16H,4-5,7,9-11H2,1H3/t12?,14-/m0/s1. The minimum atomic E-state index is 0.663. The van der Waals surface area contributed by atoms with E-state index in [2.05, 4.69) is 41.4 Å². The predicted molar refractivity (Wildman–Crippen MR) is 72.6 cm³/mol. The Kier molecular flexibility index (Phi) is 3.06. The van der Waals surface area contributed by atoms with Gasteiger partial charge in [-0.3, -0.25) is 0 Å². The van der Waals surface area contributed by atoms with Gasteiger partial charge in [0.15, 0.2) is 0 Å². The van der Waals surface area contributed by atoms with Crippen molar-refractivity contribution in [2.45, 2.75) is 44.7 Å². The van der Waals surface area contributed by atoms with Crippen LogP contribution in [-0.2, 0) is 6.42 Å². The highest BCUT2D eigenvalue weighted by Crippen LogP contribution is 2.32. The van der Waals surface area contributed by atoms with Crippen molar-refractivity contribution < 1.29 is 0 Å². The lowest BCUT2D eigenvalue weighted by atomic mass is 10.0. The first-order chi connectivity index (χ1) is 8.34. The molecule has 17 heavy (non-hydrogen) atoms. The lowest BCUT2D eigenvalue weighted by Crippen LogP contribution is -2.45. The molecule has 2 aliphatic rings. The Morgan fingerprint density at radius 2 is 2.18 bits per heavy atom. The zero-order chi connectivity index (χ0) is 11.7. The van der Waals surface area contributed by atoms with Crippen molar-refractivity contribution in [3.63, 3.8) is 0 Å². The van der Waals surface area contributed by atoms with Crippen molar-refractivity contribution in [1.82, 2.24) is 5.32 Å². The van der Waals surface area contributed by atoms with Gasteiger partial charge in [-0.15, -0.1) is 0 Å². The third kappa shape index (κ3) is 2.19. The lowest BCUT2D eigenvalue weighted by Gasteiger charge is -2.32. The van der Waals surface area contributed by atoms with Gasteiger partial charge >= 0.3 is 0 Å². The minimum Gasteiger partial charge on any atom is -0.367 e. The van der Waals surface area contributed by atoms with Gasteiger partial charge in [0.2, 0.25) is 0 Å². The summed E-state index contributed by atoms with van der Waals surface area (Å²) in [6, 6.07) is 10.2. The summed E-state index contributed by atoms with van der Waals surface area (Å²) in [6.45, 7) is 4.73. The summed E-state index contributed by atoms with van der Waals surface area (Å²) in [5.74, 6) is 0. The first kappa shape index (κ1) is 11.1. The molecule has 2 aliphatic heterocycles. The van der Waals surface area contributed by atoms with Crippen LogP contribution in [0.1, 0.15) is 31.7 Å². The van der Waals surface area contributed by atoms with E-state index in [4.69, 9.17) is 0 Å². The number of nitrogens with one attached hydrogen (secondary N) is 1. The fraction of sp³-hybridized carbons (Fsp3) is 0.600. The van der Waals surface area contributed by atoms with E-state index in [0.29, 0.717) is 12.1 Å².